The summed E-state index contributed by atoms with van der Waals surface area (Å²) >= 11 is 0. The van der Waals surface area contributed by atoms with E-state index in [2.05, 4.69) is 6.58 Å². The van der Waals surface area contributed by atoms with Gasteiger partial charge in [0.25, 0.3) is 0 Å². The minimum atomic E-state index is -1.12. The van der Waals surface area contributed by atoms with Gasteiger partial charge >= 0.3 is 5.97 Å². The Hall–Kier alpha value is -2.40. The van der Waals surface area contributed by atoms with Crippen molar-refractivity contribution in [2.45, 2.75) is 0 Å². The number of nitrogens with zero attached hydrogens (tertiary/aromatic N) is 1. The van der Waals surface area contributed by atoms with Crippen LogP contribution in [0.25, 0.3) is 6.08 Å². The molecule has 0 aromatic heterocycles. The van der Waals surface area contributed by atoms with E-state index in [1.54, 1.807) is 14.1 Å². The Morgan fingerprint density at radius 3 is 2.00 bits per heavy atom. The average Bonchev–Trinajstić information content (AvgIpc) is 2.37. The van der Waals surface area contributed by atoms with Crippen molar-refractivity contribution in [3.63, 3.8) is 0 Å². The largest absolute Gasteiger partial charge is 0.478 e. The molecule has 0 spiro atoms. The third-order valence-electron chi connectivity index (χ3n) is 1.84. The molecule has 1 amide bonds. The topological polar surface area (TPSA) is 92.6 Å². The predicted molar refractivity (Wildman–Crippen MR) is 77.0 cm³/mol. The van der Waals surface area contributed by atoms with Crippen molar-refractivity contribution in [1.82, 2.24) is 11.1 Å². The number of hydrogen-bond acceptors (Lipinski definition) is 3. The van der Waals surface area contributed by atoms with E-state index in [0.29, 0.717) is 0 Å². The normalized spacial score (nSPS) is 8.74. The Morgan fingerprint density at radius 2 is 1.68 bits per heavy atom. The highest BCUT2D eigenvalue weighted by Crippen LogP contribution is 1.97. The molecule has 0 saturated heterocycles. The van der Waals surface area contributed by atoms with Crippen LogP contribution < -0.4 is 6.15 Å². The molecule has 0 fully saturated rings. The summed E-state index contributed by atoms with van der Waals surface area (Å²) in [4.78, 5) is 21.8. The van der Waals surface area contributed by atoms with Gasteiger partial charge in [0.05, 0.1) is 0 Å². The molecule has 0 unspecified atom stereocenters. The molecule has 19 heavy (non-hydrogen) atoms. The molecule has 0 aliphatic rings. The lowest BCUT2D eigenvalue weighted by Crippen LogP contribution is -2.19. The molecule has 1 rings (SSSR count). The zero-order valence-electron chi connectivity index (χ0n) is 11.2. The molecule has 1 aromatic rings. The number of hydrogen-bond donors (Lipinski definition) is 2. The van der Waals surface area contributed by atoms with E-state index in [0.717, 1.165) is 12.2 Å². The number of amides is 1. The zero-order chi connectivity index (χ0) is 14.0. The summed E-state index contributed by atoms with van der Waals surface area (Å²) < 4.78 is 0. The summed E-state index contributed by atoms with van der Waals surface area (Å²) in [5.74, 6) is -1.45. The number of carbonyl (C=O) groups is 2. The van der Waals surface area contributed by atoms with E-state index in [-0.39, 0.29) is 12.1 Å². The number of benzene rings is 1. The maximum Gasteiger partial charge on any atom is 0.328 e. The van der Waals surface area contributed by atoms with Crippen LogP contribution in [0.4, 0.5) is 0 Å². The van der Waals surface area contributed by atoms with Crippen molar-refractivity contribution >= 4 is 18.0 Å². The monoisotopic (exact) mass is 264 g/mol. The van der Waals surface area contributed by atoms with Crippen molar-refractivity contribution in [2.24, 2.45) is 0 Å². The van der Waals surface area contributed by atoms with Gasteiger partial charge in [0.15, 0.2) is 0 Å². The lowest BCUT2D eigenvalue weighted by Gasteiger charge is -2.03. The molecule has 0 aliphatic carbocycles. The van der Waals surface area contributed by atoms with Crippen LogP contribution in [0.3, 0.4) is 0 Å². The molecule has 0 radical (unpaired) electrons. The van der Waals surface area contributed by atoms with Gasteiger partial charge in [0.1, 0.15) is 0 Å². The van der Waals surface area contributed by atoms with Gasteiger partial charge in [-0.05, 0) is 5.56 Å². The van der Waals surface area contributed by atoms with Crippen LogP contribution in [0.2, 0.25) is 0 Å². The molecule has 5 heteroatoms. The van der Waals surface area contributed by atoms with Crippen molar-refractivity contribution in [3.05, 3.63) is 54.6 Å². The van der Waals surface area contributed by atoms with Gasteiger partial charge in [-0.15, -0.1) is 0 Å². The summed E-state index contributed by atoms with van der Waals surface area (Å²) in [6.07, 6.45) is 3.64. The van der Waals surface area contributed by atoms with Crippen LogP contribution in [0.1, 0.15) is 5.56 Å². The van der Waals surface area contributed by atoms with Crippen molar-refractivity contribution < 1.29 is 14.7 Å². The third kappa shape index (κ3) is 10.5. The van der Waals surface area contributed by atoms with E-state index in [9.17, 15) is 9.59 Å². The third-order valence-corrected chi connectivity index (χ3v) is 1.84. The molecule has 5 nitrogen and oxygen atoms in total. The van der Waals surface area contributed by atoms with E-state index < -0.39 is 5.97 Å². The first-order chi connectivity index (χ1) is 8.47. The number of carboxylic acid groups (broad SMARTS) is 1. The smallest absolute Gasteiger partial charge is 0.328 e. The first kappa shape index (κ1) is 19.0. The van der Waals surface area contributed by atoms with Gasteiger partial charge < -0.3 is 16.2 Å². The Bertz CT molecular complexity index is 426. The maximum atomic E-state index is 10.6. The van der Waals surface area contributed by atoms with Crippen LogP contribution in [0, 0.1) is 0 Å². The fourth-order valence-corrected chi connectivity index (χ4v) is 0.881. The highest BCUT2D eigenvalue weighted by Gasteiger charge is 1.97. The van der Waals surface area contributed by atoms with E-state index in [4.69, 9.17) is 5.11 Å². The number of carbonyl (C=O) groups excluding carboxylic acids is 1. The predicted octanol–water partition coefficient (Wildman–Crippen LogP) is 2.21. The number of rotatable bonds is 3. The second-order valence-corrected chi connectivity index (χ2v) is 3.52. The van der Waals surface area contributed by atoms with Crippen LogP contribution in [-0.2, 0) is 9.59 Å². The number of aliphatic carboxylic acids is 1. The minimum Gasteiger partial charge on any atom is -0.478 e. The summed E-state index contributed by atoms with van der Waals surface area (Å²) in [7, 11) is 3.10. The van der Waals surface area contributed by atoms with Crippen molar-refractivity contribution in [3.8, 4) is 0 Å². The van der Waals surface area contributed by atoms with Crippen LogP contribution >= 0.6 is 0 Å². The summed E-state index contributed by atoms with van der Waals surface area (Å²) in [5.41, 5.74) is 1.17. The van der Waals surface area contributed by atoms with Gasteiger partial charge in [-0.1, -0.05) is 43.0 Å². The second kappa shape index (κ2) is 10.7. The fraction of sp³-hybridized carbons (Fsp3) is 0.143. The molecule has 1 aromatic carbocycles. The fourth-order valence-electron chi connectivity index (χ4n) is 0.881. The lowest BCUT2D eigenvalue weighted by molar-refractivity contribution is -0.132. The van der Waals surface area contributed by atoms with E-state index >= 15 is 0 Å². The van der Waals surface area contributed by atoms with Crippen LogP contribution in [0.15, 0.2) is 49.1 Å². The van der Waals surface area contributed by atoms with Gasteiger partial charge in [0.2, 0.25) is 5.91 Å². The Balaban J connectivity index is 0. The number of likely N-dealkylation sites (N-methyl/N-ethyl adjacent to an activating group) is 1. The molecule has 0 atom stereocenters. The van der Waals surface area contributed by atoms with E-state index in [1.807, 2.05) is 36.4 Å². The Kier molecular flexibility index (Phi) is 10.7. The summed E-state index contributed by atoms with van der Waals surface area (Å²) in [6, 6.07) is 10.0. The number of carboxylic acids is 1. The zero-order valence-corrected chi connectivity index (χ0v) is 11.2. The summed E-state index contributed by atoms with van der Waals surface area (Å²) in [5, 5.41) is 8.09. The highest BCUT2D eigenvalue weighted by atomic mass is 16.4. The van der Waals surface area contributed by atoms with Gasteiger partial charge in [-0.25, -0.2) is 4.79 Å². The molecule has 0 saturated carbocycles. The summed E-state index contributed by atoms with van der Waals surface area (Å²) in [6.45, 7) is 3.63. The van der Waals surface area contributed by atoms with Crippen molar-refractivity contribution in [1.29, 1.82) is 0 Å². The Labute approximate surface area is 113 Å². The quantitative estimate of drug-likeness (QED) is 0.818. The molecular formula is C14H20N2O3. The first-order valence-electron chi connectivity index (χ1n) is 5.27. The highest BCUT2D eigenvalue weighted by molar-refractivity contribution is 5.93. The molecule has 0 bridgehead atoms. The molecule has 104 valence electrons. The van der Waals surface area contributed by atoms with Crippen LogP contribution in [-0.4, -0.2) is 36.0 Å². The van der Waals surface area contributed by atoms with Crippen LogP contribution in [0.5, 0.6) is 0 Å². The van der Waals surface area contributed by atoms with Crippen molar-refractivity contribution in [2.75, 3.05) is 14.1 Å². The molecule has 0 heterocycles. The Morgan fingerprint density at radius 1 is 1.16 bits per heavy atom. The standard InChI is InChI=1S/C8H8.C6H9NO3.H3N/c1-2-8-6-4-3-5-7-8;1-7(2)5(8)3-4-6(9)10;/h2-7H,1H2;3-4H,1-2H3,(H,9,10);1H3/b;4-3+;. The SMILES string of the molecule is C=Cc1ccccc1.CN(C)C(=O)/C=C/C(=O)O.N. The van der Waals surface area contributed by atoms with Gasteiger partial charge in [0, 0.05) is 26.2 Å². The maximum absolute atomic E-state index is 10.6. The first-order valence-corrected chi connectivity index (χ1v) is 5.27. The minimum absolute atomic E-state index is 0. The lowest BCUT2D eigenvalue weighted by atomic mass is 10.2. The van der Waals surface area contributed by atoms with Gasteiger partial charge in [-0.3, -0.25) is 4.79 Å². The molecule has 0 aliphatic heterocycles. The second-order valence-electron chi connectivity index (χ2n) is 3.52. The molecule has 4 N–H and O–H groups in total. The van der Waals surface area contributed by atoms with Gasteiger partial charge in [-0.2, -0.15) is 0 Å². The van der Waals surface area contributed by atoms with E-state index in [1.165, 1.54) is 10.5 Å². The molecular weight excluding hydrogens is 244 g/mol. The average molecular weight is 264 g/mol.